The van der Waals surface area contributed by atoms with Crippen LogP contribution in [0.3, 0.4) is 0 Å². The van der Waals surface area contributed by atoms with E-state index in [2.05, 4.69) is 26.1 Å². The lowest BCUT2D eigenvalue weighted by molar-refractivity contribution is -0.000827. The van der Waals surface area contributed by atoms with Crippen molar-refractivity contribution in [3.8, 4) is 0 Å². The minimum atomic E-state index is -0.0129. The van der Waals surface area contributed by atoms with Crippen molar-refractivity contribution in [2.24, 2.45) is 5.92 Å². The van der Waals surface area contributed by atoms with Crippen LogP contribution in [0, 0.1) is 5.92 Å². The summed E-state index contributed by atoms with van der Waals surface area (Å²) in [7, 11) is 0. The van der Waals surface area contributed by atoms with Gasteiger partial charge in [0, 0.05) is 19.8 Å². The first-order valence-electron chi connectivity index (χ1n) is 6.00. The first-order chi connectivity index (χ1) is 7.08. The van der Waals surface area contributed by atoms with Gasteiger partial charge in [0.05, 0.1) is 12.2 Å². The molecule has 15 heavy (non-hydrogen) atoms. The minimum Gasteiger partial charge on any atom is -0.381 e. The number of nitrogens with one attached hydrogen (secondary N) is 1. The molecule has 0 aromatic carbocycles. The summed E-state index contributed by atoms with van der Waals surface area (Å²) < 4.78 is 10.9. The molecule has 1 aliphatic heterocycles. The molecule has 1 aliphatic rings. The molecule has 0 aliphatic carbocycles. The van der Waals surface area contributed by atoms with Crippen molar-refractivity contribution in [1.29, 1.82) is 0 Å². The maximum atomic E-state index is 5.61. The lowest BCUT2D eigenvalue weighted by atomic mass is 10.1. The molecule has 1 rings (SSSR count). The van der Waals surface area contributed by atoms with E-state index in [0.717, 1.165) is 38.8 Å². The van der Waals surface area contributed by atoms with E-state index in [9.17, 15) is 0 Å². The Balaban J connectivity index is 1.84. The van der Waals surface area contributed by atoms with Gasteiger partial charge >= 0.3 is 0 Å². The molecular weight excluding hydrogens is 190 g/mol. The normalized spacial score (nSPS) is 22.2. The summed E-state index contributed by atoms with van der Waals surface area (Å²) >= 11 is 0. The Morgan fingerprint density at radius 2 is 2.13 bits per heavy atom. The van der Waals surface area contributed by atoms with Gasteiger partial charge in [-0.1, -0.05) is 0 Å². The van der Waals surface area contributed by atoms with Crippen molar-refractivity contribution < 1.29 is 9.47 Å². The predicted molar refractivity (Wildman–Crippen MR) is 62.1 cm³/mol. The fourth-order valence-corrected chi connectivity index (χ4v) is 1.67. The Bertz CT molecular complexity index is 159. The highest BCUT2D eigenvalue weighted by atomic mass is 16.5. The average molecular weight is 215 g/mol. The second-order valence-corrected chi connectivity index (χ2v) is 5.23. The van der Waals surface area contributed by atoms with Gasteiger partial charge in [0.25, 0.3) is 0 Å². The average Bonchev–Trinajstić information content (AvgIpc) is 2.61. The topological polar surface area (TPSA) is 30.5 Å². The molecule has 90 valence electrons. The highest BCUT2D eigenvalue weighted by Gasteiger charge is 2.14. The van der Waals surface area contributed by atoms with E-state index in [1.807, 2.05) is 0 Å². The first-order valence-corrected chi connectivity index (χ1v) is 6.00. The molecule has 0 spiro atoms. The van der Waals surface area contributed by atoms with Gasteiger partial charge in [0.15, 0.2) is 0 Å². The zero-order valence-corrected chi connectivity index (χ0v) is 10.3. The largest absolute Gasteiger partial charge is 0.381 e. The minimum absolute atomic E-state index is 0.0129. The lowest BCUT2D eigenvalue weighted by Gasteiger charge is -2.19. The Morgan fingerprint density at radius 1 is 1.33 bits per heavy atom. The third-order valence-corrected chi connectivity index (χ3v) is 2.57. The van der Waals surface area contributed by atoms with Crippen LogP contribution in [0.2, 0.25) is 0 Å². The molecule has 1 heterocycles. The van der Waals surface area contributed by atoms with Gasteiger partial charge in [-0.25, -0.2) is 0 Å². The van der Waals surface area contributed by atoms with E-state index in [4.69, 9.17) is 9.47 Å². The maximum Gasteiger partial charge on any atom is 0.0599 e. The smallest absolute Gasteiger partial charge is 0.0599 e. The van der Waals surface area contributed by atoms with E-state index in [0.29, 0.717) is 0 Å². The molecule has 1 fully saturated rings. The van der Waals surface area contributed by atoms with Crippen LogP contribution in [0.15, 0.2) is 0 Å². The van der Waals surface area contributed by atoms with Crippen LogP contribution in [0.1, 0.15) is 33.6 Å². The highest BCUT2D eigenvalue weighted by molar-refractivity contribution is 4.65. The van der Waals surface area contributed by atoms with E-state index in [1.165, 1.54) is 12.8 Å². The molecule has 1 atom stereocenters. The van der Waals surface area contributed by atoms with Crippen molar-refractivity contribution >= 4 is 0 Å². The Morgan fingerprint density at radius 3 is 2.73 bits per heavy atom. The van der Waals surface area contributed by atoms with E-state index in [-0.39, 0.29) is 5.60 Å². The van der Waals surface area contributed by atoms with Gasteiger partial charge < -0.3 is 14.8 Å². The van der Waals surface area contributed by atoms with Gasteiger partial charge in [0.2, 0.25) is 0 Å². The second-order valence-electron chi connectivity index (χ2n) is 5.23. The number of hydrogen-bond acceptors (Lipinski definition) is 3. The summed E-state index contributed by atoms with van der Waals surface area (Å²) in [6.45, 7) is 11.0. The summed E-state index contributed by atoms with van der Waals surface area (Å²) in [5.74, 6) is 0.779. The van der Waals surface area contributed by atoms with Crippen molar-refractivity contribution in [2.75, 3.05) is 32.9 Å². The summed E-state index contributed by atoms with van der Waals surface area (Å²) in [6.07, 6.45) is 2.47. The number of hydrogen-bond donors (Lipinski definition) is 1. The van der Waals surface area contributed by atoms with Crippen LogP contribution >= 0.6 is 0 Å². The number of ether oxygens (including phenoxy) is 2. The molecule has 3 heteroatoms. The summed E-state index contributed by atoms with van der Waals surface area (Å²) in [5, 5.41) is 3.40. The van der Waals surface area contributed by atoms with Gasteiger partial charge in [-0.3, -0.25) is 0 Å². The van der Waals surface area contributed by atoms with Crippen LogP contribution < -0.4 is 5.32 Å². The molecule has 0 bridgehead atoms. The standard InChI is InChI=1S/C12H25NO2/c1-12(2,3)15-9-7-13-6-4-11-5-8-14-10-11/h11,13H,4-10H2,1-3H3. The fraction of sp³-hybridized carbons (Fsp3) is 1.00. The Hall–Kier alpha value is -0.120. The van der Waals surface area contributed by atoms with Crippen LogP contribution in [0.25, 0.3) is 0 Å². The monoisotopic (exact) mass is 215 g/mol. The Kier molecular flexibility index (Phi) is 5.58. The molecule has 0 saturated carbocycles. The van der Waals surface area contributed by atoms with Crippen LogP contribution in [-0.4, -0.2) is 38.5 Å². The summed E-state index contributed by atoms with van der Waals surface area (Å²) in [5.41, 5.74) is -0.0129. The summed E-state index contributed by atoms with van der Waals surface area (Å²) in [6, 6.07) is 0. The number of rotatable bonds is 6. The Labute approximate surface area is 93.5 Å². The van der Waals surface area contributed by atoms with E-state index >= 15 is 0 Å². The molecule has 1 saturated heterocycles. The predicted octanol–water partition coefficient (Wildman–Crippen LogP) is 1.82. The molecule has 0 amide bonds. The van der Waals surface area contributed by atoms with E-state index < -0.39 is 0 Å². The zero-order valence-electron chi connectivity index (χ0n) is 10.3. The van der Waals surface area contributed by atoms with Gasteiger partial charge in [-0.2, -0.15) is 0 Å². The second kappa shape index (κ2) is 6.46. The van der Waals surface area contributed by atoms with Crippen LogP contribution in [0.5, 0.6) is 0 Å². The zero-order chi connectivity index (χ0) is 11.1. The fourth-order valence-electron chi connectivity index (χ4n) is 1.67. The molecule has 1 N–H and O–H groups in total. The third kappa shape index (κ3) is 6.88. The van der Waals surface area contributed by atoms with Crippen LogP contribution in [0.4, 0.5) is 0 Å². The quantitative estimate of drug-likeness (QED) is 0.686. The lowest BCUT2D eigenvalue weighted by Crippen LogP contribution is -2.27. The molecule has 0 aromatic rings. The van der Waals surface area contributed by atoms with Gasteiger partial charge in [0.1, 0.15) is 0 Å². The molecular formula is C12H25NO2. The van der Waals surface area contributed by atoms with Gasteiger partial charge in [-0.15, -0.1) is 0 Å². The van der Waals surface area contributed by atoms with E-state index in [1.54, 1.807) is 0 Å². The van der Waals surface area contributed by atoms with Crippen LogP contribution in [-0.2, 0) is 9.47 Å². The van der Waals surface area contributed by atoms with Crippen molar-refractivity contribution in [3.05, 3.63) is 0 Å². The maximum absolute atomic E-state index is 5.61. The first kappa shape index (κ1) is 12.9. The van der Waals surface area contributed by atoms with Gasteiger partial charge in [-0.05, 0) is 46.1 Å². The van der Waals surface area contributed by atoms with Crippen molar-refractivity contribution in [1.82, 2.24) is 5.32 Å². The molecule has 3 nitrogen and oxygen atoms in total. The molecule has 0 aromatic heterocycles. The highest BCUT2D eigenvalue weighted by Crippen LogP contribution is 2.15. The van der Waals surface area contributed by atoms with Crippen molar-refractivity contribution in [3.63, 3.8) is 0 Å². The molecule has 1 unspecified atom stereocenters. The SMILES string of the molecule is CC(C)(C)OCCNCCC1CCOC1. The molecule has 0 radical (unpaired) electrons. The third-order valence-electron chi connectivity index (χ3n) is 2.57. The van der Waals surface area contributed by atoms with Crippen molar-refractivity contribution in [2.45, 2.75) is 39.2 Å². The summed E-state index contributed by atoms with van der Waals surface area (Å²) in [4.78, 5) is 0.